The van der Waals surface area contributed by atoms with Gasteiger partial charge in [-0.2, -0.15) is 4.98 Å². The van der Waals surface area contributed by atoms with Crippen LogP contribution in [0, 0.1) is 5.92 Å². The van der Waals surface area contributed by atoms with Gasteiger partial charge in [-0.1, -0.05) is 6.07 Å². The molecule has 4 rings (SSSR count). The van der Waals surface area contributed by atoms with Gasteiger partial charge < -0.3 is 20.1 Å². The standard InChI is InChI=1S/C19H24N4O2/c1-24-16-5-4-14-8-13(12-25-17(14)11-16)9-15-10-18(22-19(20)21-15)23-6-2-3-7-23/h4-5,10-11,13H,2-3,6-9,12H2,1H3,(H2,20,21,22). The van der Waals surface area contributed by atoms with E-state index in [0.717, 1.165) is 48.9 Å². The molecule has 1 aromatic carbocycles. The number of nitrogens with zero attached hydrogens (tertiary/aromatic N) is 3. The molecule has 0 radical (unpaired) electrons. The van der Waals surface area contributed by atoms with Gasteiger partial charge in [0.05, 0.1) is 13.7 Å². The van der Waals surface area contributed by atoms with Crippen molar-refractivity contribution in [2.75, 3.05) is 37.4 Å². The lowest BCUT2D eigenvalue weighted by atomic mass is 9.92. The van der Waals surface area contributed by atoms with Crippen LogP contribution in [-0.4, -0.2) is 36.8 Å². The van der Waals surface area contributed by atoms with E-state index in [4.69, 9.17) is 15.2 Å². The highest BCUT2D eigenvalue weighted by molar-refractivity contribution is 5.45. The van der Waals surface area contributed by atoms with Crippen LogP contribution in [0.5, 0.6) is 11.5 Å². The molecule has 0 spiro atoms. The normalized spacial score (nSPS) is 19.4. The fourth-order valence-electron chi connectivity index (χ4n) is 3.69. The van der Waals surface area contributed by atoms with Gasteiger partial charge in [-0.25, -0.2) is 4.98 Å². The molecule has 25 heavy (non-hydrogen) atoms. The molecule has 6 heteroatoms. The van der Waals surface area contributed by atoms with Crippen LogP contribution in [0.25, 0.3) is 0 Å². The number of hydrogen-bond donors (Lipinski definition) is 1. The van der Waals surface area contributed by atoms with Crippen LogP contribution >= 0.6 is 0 Å². The fourth-order valence-corrected chi connectivity index (χ4v) is 3.69. The maximum atomic E-state index is 5.95. The average molecular weight is 340 g/mol. The summed E-state index contributed by atoms with van der Waals surface area (Å²) >= 11 is 0. The second-order valence-corrected chi connectivity index (χ2v) is 6.83. The molecule has 2 aromatic rings. The lowest BCUT2D eigenvalue weighted by Gasteiger charge is -2.26. The molecule has 2 aliphatic heterocycles. The van der Waals surface area contributed by atoms with Crippen LogP contribution in [0.2, 0.25) is 0 Å². The minimum atomic E-state index is 0.362. The number of ether oxygens (including phenoxy) is 2. The Morgan fingerprint density at radius 1 is 1.24 bits per heavy atom. The zero-order chi connectivity index (χ0) is 17.2. The summed E-state index contributed by atoms with van der Waals surface area (Å²) in [7, 11) is 1.67. The highest BCUT2D eigenvalue weighted by atomic mass is 16.5. The number of rotatable bonds is 4. The van der Waals surface area contributed by atoms with E-state index in [1.54, 1.807) is 7.11 Å². The Hall–Kier alpha value is -2.50. The first-order valence-electron chi connectivity index (χ1n) is 8.89. The summed E-state index contributed by atoms with van der Waals surface area (Å²) in [6, 6.07) is 8.12. The Morgan fingerprint density at radius 3 is 2.88 bits per heavy atom. The molecule has 6 nitrogen and oxygen atoms in total. The molecule has 3 heterocycles. The third-order valence-electron chi connectivity index (χ3n) is 4.97. The fraction of sp³-hybridized carbons (Fsp3) is 0.474. The summed E-state index contributed by atoms with van der Waals surface area (Å²) in [5.74, 6) is 3.47. The SMILES string of the molecule is COc1ccc2c(c1)OCC(Cc1cc(N3CCCC3)nc(N)n1)C2. The van der Waals surface area contributed by atoms with Gasteiger partial charge in [0.15, 0.2) is 0 Å². The predicted molar refractivity (Wildman–Crippen MR) is 97.3 cm³/mol. The maximum Gasteiger partial charge on any atom is 0.222 e. The zero-order valence-electron chi connectivity index (χ0n) is 14.6. The molecule has 0 saturated carbocycles. The zero-order valence-corrected chi connectivity index (χ0v) is 14.6. The maximum absolute atomic E-state index is 5.95. The molecule has 0 aliphatic carbocycles. The number of aromatic nitrogens is 2. The highest BCUT2D eigenvalue weighted by Gasteiger charge is 2.22. The molecular formula is C19H24N4O2. The van der Waals surface area contributed by atoms with Gasteiger partial charge in [0.2, 0.25) is 5.95 Å². The monoisotopic (exact) mass is 340 g/mol. The number of nitrogen functional groups attached to an aromatic ring is 1. The van der Waals surface area contributed by atoms with E-state index in [2.05, 4.69) is 27.0 Å². The molecule has 132 valence electrons. The molecule has 1 atom stereocenters. The summed E-state index contributed by atoms with van der Waals surface area (Å²) in [6.07, 6.45) is 4.26. The summed E-state index contributed by atoms with van der Waals surface area (Å²) in [5, 5.41) is 0. The molecule has 0 bridgehead atoms. The van der Waals surface area contributed by atoms with Gasteiger partial charge in [-0.05, 0) is 37.3 Å². The van der Waals surface area contributed by atoms with Crippen LogP contribution in [0.15, 0.2) is 24.3 Å². The minimum Gasteiger partial charge on any atom is -0.497 e. The van der Waals surface area contributed by atoms with Crippen molar-refractivity contribution in [3.8, 4) is 11.5 Å². The smallest absolute Gasteiger partial charge is 0.222 e. The number of hydrogen-bond acceptors (Lipinski definition) is 6. The second-order valence-electron chi connectivity index (χ2n) is 6.83. The van der Waals surface area contributed by atoms with Crippen molar-refractivity contribution < 1.29 is 9.47 Å². The Bertz CT molecular complexity index is 759. The Labute approximate surface area is 148 Å². The third-order valence-corrected chi connectivity index (χ3v) is 4.97. The van der Waals surface area contributed by atoms with Gasteiger partial charge >= 0.3 is 0 Å². The van der Waals surface area contributed by atoms with E-state index < -0.39 is 0 Å². The van der Waals surface area contributed by atoms with Gasteiger partial charge in [0.25, 0.3) is 0 Å². The Kier molecular flexibility index (Phi) is 4.34. The lowest BCUT2D eigenvalue weighted by molar-refractivity contribution is 0.219. The van der Waals surface area contributed by atoms with Crippen molar-refractivity contribution in [2.24, 2.45) is 5.92 Å². The Morgan fingerprint density at radius 2 is 2.08 bits per heavy atom. The number of methoxy groups -OCH3 is 1. The Balaban J connectivity index is 1.49. The van der Waals surface area contributed by atoms with Crippen molar-refractivity contribution in [3.05, 3.63) is 35.5 Å². The van der Waals surface area contributed by atoms with E-state index in [1.165, 1.54) is 18.4 Å². The summed E-state index contributed by atoms with van der Waals surface area (Å²) in [6.45, 7) is 2.79. The van der Waals surface area contributed by atoms with Crippen molar-refractivity contribution in [1.82, 2.24) is 9.97 Å². The summed E-state index contributed by atoms with van der Waals surface area (Å²) in [4.78, 5) is 11.2. The second kappa shape index (κ2) is 6.78. The number of anilines is 2. The number of benzene rings is 1. The third kappa shape index (κ3) is 3.48. The van der Waals surface area contributed by atoms with Crippen molar-refractivity contribution in [2.45, 2.75) is 25.7 Å². The van der Waals surface area contributed by atoms with Crippen LogP contribution in [0.4, 0.5) is 11.8 Å². The van der Waals surface area contributed by atoms with Crippen molar-refractivity contribution >= 4 is 11.8 Å². The molecule has 1 aromatic heterocycles. The van der Waals surface area contributed by atoms with E-state index in [9.17, 15) is 0 Å². The first kappa shape index (κ1) is 16.0. The van der Waals surface area contributed by atoms with E-state index >= 15 is 0 Å². The molecule has 0 amide bonds. The van der Waals surface area contributed by atoms with Crippen LogP contribution in [0.3, 0.4) is 0 Å². The molecule has 1 fully saturated rings. The van der Waals surface area contributed by atoms with Gasteiger partial charge in [0, 0.05) is 36.8 Å². The molecule has 1 saturated heterocycles. The molecule has 2 aliphatic rings. The molecule has 2 N–H and O–H groups in total. The summed E-state index contributed by atoms with van der Waals surface area (Å²) < 4.78 is 11.2. The van der Waals surface area contributed by atoms with Crippen molar-refractivity contribution in [3.63, 3.8) is 0 Å². The quantitative estimate of drug-likeness (QED) is 0.922. The summed E-state index contributed by atoms with van der Waals surface area (Å²) in [5.41, 5.74) is 8.17. The minimum absolute atomic E-state index is 0.362. The van der Waals surface area contributed by atoms with Crippen LogP contribution in [0.1, 0.15) is 24.1 Å². The van der Waals surface area contributed by atoms with Crippen molar-refractivity contribution in [1.29, 1.82) is 0 Å². The van der Waals surface area contributed by atoms with Gasteiger partial charge in [-0.3, -0.25) is 0 Å². The number of fused-ring (bicyclic) bond motifs is 1. The predicted octanol–water partition coefficient (Wildman–Crippen LogP) is 2.46. The topological polar surface area (TPSA) is 73.5 Å². The average Bonchev–Trinajstić information content (AvgIpc) is 3.15. The molecular weight excluding hydrogens is 316 g/mol. The first-order valence-corrected chi connectivity index (χ1v) is 8.89. The van der Waals surface area contributed by atoms with E-state index in [0.29, 0.717) is 18.5 Å². The van der Waals surface area contributed by atoms with Gasteiger partial charge in [-0.15, -0.1) is 0 Å². The molecule has 1 unspecified atom stereocenters. The largest absolute Gasteiger partial charge is 0.497 e. The van der Waals surface area contributed by atoms with E-state index in [1.807, 2.05) is 12.1 Å². The van der Waals surface area contributed by atoms with Crippen LogP contribution < -0.4 is 20.1 Å². The first-order chi connectivity index (χ1) is 12.2. The van der Waals surface area contributed by atoms with Crippen LogP contribution in [-0.2, 0) is 12.8 Å². The number of nitrogens with two attached hydrogens (primary N) is 1. The highest BCUT2D eigenvalue weighted by Crippen LogP contribution is 2.32. The van der Waals surface area contributed by atoms with E-state index in [-0.39, 0.29) is 0 Å². The lowest BCUT2D eigenvalue weighted by Crippen LogP contribution is -2.24. The van der Waals surface area contributed by atoms with Gasteiger partial charge in [0.1, 0.15) is 17.3 Å².